The standard InChI is InChI=1S/C30H29N5O2/c1-21-8-5-6-12-25(21)28-19-32-27(13-7-11-22-9-3-2-4-10-22)30(37)35(28)20-29(36)33-18-24-16-23-17-31-15-14-26(23)34-24/h2-6,8-10,12,14-17,19,34H,7,11,13,18,20H2,1H3,(H,33,36). The summed E-state index contributed by atoms with van der Waals surface area (Å²) in [6.45, 7) is 2.23. The van der Waals surface area contributed by atoms with E-state index in [0.717, 1.165) is 40.6 Å². The predicted molar refractivity (Wildman–Crippen MR) is 145 cm³/mol. The first-order valence-electron chi connectivity index (χ1n) is 12.5. The van der Waals surface area contributed by atoms with Crippen molar-refractivity contribution in [3.05, 3.63) is 118 Å². The smallest absolute Gasteiger partial charge is 0.273 e. The van der Waals surface area contributed by atoms with Crippen LogP contribution in [0.2, 0.25) is 0 Å². The van der Waals surface area contributed by atoms with Crippen LogP contribution in [0.1, 0.15) is 28.9 Å². The van der Waals surface area contributed by atoms with Gasteiger partial charge in [0.1, 0.15) is 12.2 Å². The monoisotopic (exact) mass is 491 g/mol. The molecule has 0 atom stereocenters. The number of aromatic amines is 1. The van der Waals surface area contributed by atoms with Gasteiger partial charge in [-0.3, -0.25) is 24.1 Å². The second kappa shape index (κ2) is 11.0. The van der Waals surface area contributed by atoms with E-state index in [4.69, 9.17) is 0 Å². The molecule has 2 N–H and O–H groups in total. The topological polar surface area (TPSA) is 92.7 Å². The second-order valence-electron chi connectivity index (χ2n) is 9.17. The second-order valence-corrected chi connectivity index (χ2v) is 9.17. The van der Waals surface area contributed by atoms with Crippen LogP contribution in [0.4, 0.5) is 0 Å². The first kappa shape index (κ1) is 24.2. The number of hydrogen-bond acceptors (Lipinski definition) is 4. The number of pyridine rings is 1. The van der Waals surface area contributed by atoms with Crippen molar-refractivity contribution in [2.24, 2.45) is 0 Å². The maximum Gasteiger partial charge on any atom is 0.273 e. The lowest BCUT2D eigenvalue weighted by Crippen LogP contribution is -2.34. The third kappa shape index (κ3) is 5.67. The van der Waals surface area contributed by atoms with Crippen LogP contribution in [0.15, 0.2) is 90.1 Å². The number of rotatable bonds is 9. The number of aromatic nitrogens is 4. The van der Waals surface area contributed by atoms with Crippen LogP contribution in [0.5, 0.6) is 0 Å². The van der Waals surface area contributed by atoms with Crippen molar-refractivity contribution in [1.82, 2.24) is 24.8 Å². The normalized spacial score (nSPS) is 11.1. The fourth-order valence-electron chi connectivity index (χ4n) is 4.56. The maximum atomic E-state index is 13.6. The molecule has 0 unspecified atom stereocenters. The van der Waals surface area contributed by atoms with Gasteiger partial charge in [-0.1, -0.05) is 54.6 Å². The third-order valence-corrected chi connectivity index (χ3v) is 6.52. The molecule has 3 aromatic heterocycles. The summed E-state index contributed by atoms with van der Waals surface area (Å²) in [5.74, 6) is -0.241. The molecule has 1 amide bonds. The summed E-state index contributed by atoms with van der Waals surface area (Å²) in [6.07, 6.45) is 7.44. The lowest BCUT2D eigenvalue weighted by atomic mass is 10.0. The zero-order valence-corrected chi connectivity index (χ0v) is 20.8. The van der Waals surface area contributed by atoms with Crippen molar-refractivity contribution in [3.8, 4) is 11.3 Å². The van der Waals surface area contributed by atoms with Crippen molar-refractivity contribution in [2.45, 2.75) is 39.3 Å². The highest BCUT2D eigenvalue weighted by Crippen LogP contribution is 2.22. The van der Waals surface area contributed by atoms with Crippen molar-refractivity contribution in [3.63, 3.8) is 0 Å². The molecular formula is C30H29N5O2. The molecule has 186 valence electrons. The molecule has 0 saturated carbocycles. The number of nitrogens with zero attached hydrogens (tertiary/aromatic N) is 3. The molecule has 2 aromatic carbocycles. The van der Waals surface area contributed by atoms with Crippen molar-refractivity contribution < 1.29 is 4.79 Å². The molecule has 0 bridgehead atoms. The summed E-state index contributed by atoms with van der Waals surface area (Å²) in [7, 11) is 0. The van der Waals surface area contributed by atoms with Gasteiger partial charge < -0.3 is 10.3 Å². The van der Waals surface area contributed by atoms with Crippen LogP contribution in [0.3, 0.4) is 0 Å². The summed E-state index contributed by atoms with van der Waals surface area (Å²) in [5, 5.41) is 3.93. The van der Waals surface area contributed by atoms with E-state index in [1.807, 2.05) is 61.5 Å². The Labute approximate surface area is 215 Å². The Morgan fingerprint density at radius 2 is 1.81 bits per heavy atom. The van der Waals surface area contributed by atoms with E-state index in [0.29, 0.717) is 24.4 Å². The summed E-state index contributed by atoms with van der Waals surface area (Å²) < 4.78 is 1.55. The van der Waals surface area contributed by atoms with Gasteiger partial charge in [0, 0.05) is 34.6 Å². The summed E-state index contributed by atoms with van der Waals surface area (Å²) >= 11 is 0. The van der Waals surface area contributed by atoms with Gasteiger partial charge in [0.2, 0.25) is 5.91 Å². The molecule has 7 nitrogen and oxygen atoms in total. The highest BCUT2D eigenvalue weighted by Gasteiger charge is 2.16. The lowest BCUT2D eigenvalue weighted by Gasteiger charge is -2.16. The zero-order chi connectivity index (χ0) is 25.6. The van der Waals surface area contributed by atoms with Crippen LogP contribution in [0, 0.1) is 6.92 Å². The Hall–Kier alpha value is -4.52. The summed E-state index contributed by atoms with van der Waals surface area (Å²) in [4.78, 5) is 38.5. The molecule has 0 aliphatic carbocycles. The maximum absolute atomic E-state index is 13.6. The first-order chi connectivity index (χ1) is 18.1. The van der Waals surface area contributed by atoms with Gasteiger partial charge >= 0.3 is 0 Å². The number of nitrogens with one attached hydrogen (secondary N) is 2. The number of fused-ring (bicyclic) bond motifs is 1. The van der Waals surface area contributed by atoms with Crippen LogP contribution in [0.25, 0.3) is 22.2 Å². The Kier molecular flexibility index (Phi) is 7.21. The number of H-pyrrole nitrogens is 1. The van der Waals surface area contributed by atoms with E-state index in [-0.39, 0.29) is 18.0 Å². The molecule has 0 aliphatic heterocycles. The van der Waals surface area contributed by atoms with Gasteiger partial charge in [-0.05, 0) is 49.4 Å². The minimum absolute atomic E-state index is 0.0848. The van der Waals surface area contributed by atoms with Crippen LogP contribution in [-0.2, 0) is 30.7 Å². The Morgan fingerprint density at radius 3 is 2.62 bits per heavy atom. The van der Waals surface area contributed by atoms with Gasteiger partial charge in [-0.15, -0.1) is 0 Å². The van der Waals surface area contributed by atoms with Gasteiger partial charge in [0.25, 0.3) is 5.56 Å². The molecular weight excluding hydrogens is 462 g/mol. The van der Waals surface area contributed by atoms with Gasteiger partial charge in [0.05, 0.1) is 18.4 Å². The minimum Gasteiger partial charge on any atom is -0.357 e. The molecule has 3 heterocycles. The molecule has 0 saturated heterocycles. The van der Waals surface area contributed by atoms with Crippen molar-refractivity contribution >= 4 is 16.8 Å². The van der Waals surface area contributed by atoms with E-state index in [9.17, 15) is 9.59 Å². The number of carbonyl (C=O) groups is 1. The molecule has 5 rings (SSSR count). The highest BCUT2D eigenvalue weighted by atomic mass is 16.2. The Balaban J connectivity index is 1.36. The molecule has 0 spiro atoms. The Bertz CT molecular complexity index is 1550. The number of hydrogen-bond donors (Lipinski definition) is 2. The van der Waals surface area contributed by atoms with Crippen molar-refractivity contribution in [2.75, 3.05) is 0 Å². The summed E-state index contributed by atoms with van der Waals surface area (Å²) in [5.41, 5.74) is 5.86. The number of amides is 1. The molecule has 0 aliphatic rings. The largest absolute Gasteiger partial charge is 0.357 e. The van der Waals surface area contributed by atoms with E-state index in [1.54, 1.807) is 23.2 Å². The third-order valence-electron chi connectivity index (χ3n) is 6.52. The zero-order valence-electron chi connectivity index (χ0n) is 20.8. The first-order valence-corrected chi connectivity index (χ1v) is 12.5. The van der Waals surface area contributed by atoms with Crippen LogP contribution < -0.4 is 10.9 Å². The van der Waals surface area contributed by atoms with E-state index >= 15 is 0 Å². The predicted octanol–water partition coefficient (Wildman–Crippen LogP) is 4.59. The van der Waals surface area contributed by atoms with E-state index in [1.165, 1.54) is 5.56 Å². The average molecular weight is 492 g/mol. The molecule has 5 aromatic rings. The minimum atomic E-state index is -0.241. The lowest BCUT2D eigenvalue weighted by molar-refractivity contribution is -0.121. The van der Waals surface area contributed by atoms with E-state index in [2.05, 4.69) is 32.4 Å². The van der Waals surface area contributed by atoms with E-state index < -0.39 is 0 Å². The SMILES string of the molecule is Cc1ccccc1-c1cnc(CCCc2ccccc2)c(=O)n1CC(=O)NCc1cc2cnccc2[nH]1. The molecule has 37 heavy (non-hydrogen) atoms. The fraction of sp³-hybridized carbons (Fsp3) is 0.200. The van der Waals surface area contributed by atoms with Gasteiger partial charge in [-0.2, -0.15) is 0 Å². The fourth-order valence-corrected chi connectivity index (χ4v) is 4.56. The number of carbonyl (C=O) groups excluding carboxylic acids is 1. The number of benzene rings is 2. The average Bonchev–Trinajstić information content (AvgIpc) is 3.34. The Morgan fingerprint density at radius 1 is 1.00 bits per heavy atom. The quantitative estimate of drug-likeness (QED) is 0.316. The molecule has 0 radical (unpaired) electrons. The van der Waals surface area contributed by atoms with Crippen LogP contribution >= 0.6 is 0 Å². The summed E-state index contributed by atoms with van der Waals surface area (Å²) in [6, 6.07) is 21.9. The molecule has 7 heteroatoms. The van der Waals surface area contributed by atoms with Crippen molar-refractivity contribution in [1.29, 1.82) is 0 Å². The highest BCUT2D eigenvalue weighted by molar-refractivity contribution is 5.80. The number of aryl methyl sites for hydroxylation is 3. The molecule has 0 fully saturated rings. The van der Waals surface area contributed by atoms with Gasteiger partial charge in [0.15, 0.2) is 0 Å². The van der Waals surface area contributed by atoms with Gasteiger partial charge in [-0.25, -0.2) is 0 Å². The van der Waals surface area contributed by atoms with Crippen LogP contribution in [-0.4, -0.2) is 25.4 Å².